The van der Waals surface area contributed by atoms with Crippen molar-refractivity contribution in [3.63, 3.8) is 0 Å². The molecular weight excluding hydrogens is 370 g/mol. The van der Waals surface area contributed by atoms with Crippen LogP contribution in [0, 0.1) is 13.8 Å². The van der Waals surface area contributed by atoms with Gasteiger partial charge in [0, 0.05) is 11.1 Å². The summed E-state index contributed by atoms with van der Waals surface area (Å²) in [6, 6.07) is 15.5. The molecular formula is C23H21NO5. The SMILES string of the molecule is Cc1ccc(C)c(C(=O)c2ccccc2C(=O)OCC(=O)NCc2ccco2)c1. The average Bonchev–Trinajstić information content (AvgIpc) is 3.25. The highest BCUT2D eigenvalue weighted by molar-refractivity contribution is 6.15. The number of amides is 1. The van der Waals surface area contributed by atoms with Crippen molar-refractivity contribution in [2.45, 2.75) is 20.4 Å². The zero-order valence-corrected chi connectivity index (χ0v) is 16.2. The molecule has 0 saturated carbocycles. The van der Waals surface area contributed by atoms with Gasteiger partial charge in [-0.3, -0.25) is 9.59 Å². The molecule has 2 aromatic carbocycles. The van der Waals surface area contributed by atoms with Gasteiger partial charge in [-0.05, 0) is 43.7 Å². The molecule has 148 valence electrons. The number of ether oxygens (including phenoxy) is 1. The molecule has 0 aliphatic rings. The Kier molecular flexibility index (Phi) is 6.24. The number of nitrogens with one attached hydrogen (secondary N) is 1. The van der Waals surface area contributed by atoms with Crippen LogP contribution in [-0.2, 0) is 16.1 Å². The summed E-state index contributed by atoms with van der Waals surface area (Å²) in [6.07, 6.45) is 1.51. The van der Waals surface area contributed by atoms with Crippen LogP contribution in [-0.4, -0.2) is 24.3 Å². The molecule has 0 atom stereocenters. The first-order valence-electron chi connectivity index (χ1n) is 9.13. The van der Waals surface area contributed by atoms with E-state index in [1.807, 2.05) is 26.0 Å². The van der Waals surface area contributed by atoms with Gasteiger partial charge in [0.15, 0.2) is 12.4 Å². The molecule has 0 fully saturated rings. The Hall–Kier alpha value is -3.67. The fourth-order valence-electron chi connectivity index (χ4n) is 2.84. The van der Waals surface area contributed by atoms with Crippen molar-refractivity contribution in [2.75, 3.05) is 6.61 Å². The first-order valence-corrected chi connectivity index (χ1v) is 9.13. The minimum atomic E-state index is -0.729. The lowest BCUT2D eigenvalue weighted by atomic mass is 9.94. The molecule has 0 spiro atoms. The first kappa shape index (κ1) is 20.1. The molecule has 0 radical (unpaired) electrons. The summed E-state index contributed by atoms with van der Waals surface area (Å²) in [5, 5.41) is 2.59. The zero-order valence-electron chi connectivity index (χ0n) is 16.2. The van der Waals surface area contributed by atoms with Gasteiger partial charge in [0.05, 0.1) is 18.4 Å². The Morgan fingerprint density at radius 3 is 2.41 bits per heavy atom. The van der Waals surface area contributed by atoms with E-state index in [0.717, 1.165) is 11.1 Å². The molecule has 0 bridgehead atoms. The smallest absolute Gasteiger partial charge is 0.339 e. The van der Waals surface area contributed by atoms with E-state index in [1.165, 1.54) is 12.3 Å². The minimum Gasteiger partial charge on any atom is -0.467 e. The second-order valence-electron chi connectivity index (χ2n) is 6.63. The number of esters is 1. The minimum absolute atomic E-state index is 0.122. The normalized spacial score (nSPS) is 10.4. The monoisotopic (exact) mass is 391 g/mol. The fourth-order valence-corrected chi connectivity index (χ4v) is 2.84. The Bertz CT molecular complexity index is 1040. The van der Waals surface area contributed by atoms with E-state index in [4.69, 9.17) is 9.15 Å². The summed E-state index contributed by atoms with van der Waals surface area (Å²) in [7, 11) is 0. The maximum absolute atomic E-state index is 13.0. The number of benzene rings is 2. The van der Waals surface area contributed by atoms with E-state index >= 15 is 0 Å². The highest BCUT2D eigenvalue weighted by Crippen LogP contribution is 2.19. The molecule has 0 aliphatic carbocycles. The van der Waals surface area contributed by atoms with Crippen LogP contribution in [0.5, 0.6) is 0 Å². The van der Waals surface area contributed by atoms with Crippen LogP contribution in [0.1, 0.15) is 43.2 Å². The molecule has 0 aliphatic heterocycles. The second-order valence-corrected chi connectivity index (χ2v) is 6.63. The van der Waals surface area contributed by atoms with Gasteiger partial charge in [-0.15, -0.1) is 0 Å². The molecule has 3 aromatic rings. The number of hydrogen-bond donors (Lipinski definition) is 1. The molecule has 29 heavy (non-hydrogen) atoms. The van der Waals surface area contributed by atoms with Crippen molar-refractivity contribution in [1.29, 1.82) is 0 Å². The predicted octanol–water partition coefficient (Wildman–Crippen LogP) is 3.60. The first-order chi connectivity index (χ1) is 14.0. The van der Waals surface area contributed by atoms with Crippen LogP contribution in [0.3, 0.4) is 0 Å². The van der Waals surface area contributed by atoms with E-state index in [2.05, 4.69) is 5.32 Å². The second kappa shape index (κ2) is 9.01. The zero-order chi connectivity index (χ0) is 20.8. The standard InChI is InChI=1S/C23H21NO5/c1-15-9-10-16(2)20(12-15)22(26)18-7-3-4-8-19(18)23(27)29-14-21(25)24-13-17-6-5-11-28-17/h3-12H,13-14H2,1-2H3,(H,24,25). The van der Waals surface area contributed by atoms with E-state index < -0.39 is 18.5 Å². The lowest BCUT2D eigenvalue weighted by molar-refractivity contribution is -0.124. The van der Waals surface area contributed by atoms with Gasteiger partial charge in [-0.25, -0.2) is 4.79 Å². The number of carbonyl (C=O) groups is 3. The van der Waals surface area contributed by atoms with Gasteiger partial charge in [-0.1, -0.05) is 35.9 Å². The van der Waals surface area contributed by atoms with Crippen LogP contribution in [0.25, 0.3) is 0 Å². The molecule has 0 unspecified atom stereocenters. The van der Waals surface area contributed by atoms with Crippen molar-refractivity contribution >= 4 is 17.7 Å². The topological polar surface area (TPSA) is 85.6 Å². The van der Waals surface area contributed by atoms with Crippen LogP contribution >= 0.6 is 0 Å². The predicted molar refractivity (Wildman–Crippen MR) is 107 cm³/mol. The average molecular weight is 391 g/mol. The van der Waals surface area contributed by atoms with Gasteiger partial charge in [-0.2, -0.15) is 0 Å². The van der Waals surface area contributed by atoms with E-state index in [1.54, 1.807) is 36.4 Å². The van der Waals surface area contributed by atoms with Gasteiger partial charge < -0.3 is 14.5 Å². The van der Waals surface area contributed by atoms with Gasteiger partial charge in [0.1, 0.15) is 5.76 Å². The summed E-state index contributed by atoms with van der Waals surface area (Å²) >= 11 is 0. The number of carbonyl (C=O) groups excluding carboxylic acids is 3. The maximum atomic E-state index is 13.0. The molecule has 0 saturated heterocycles. The van der Waals surface area contributed by atoms with Gasteiger partial charge in [0.2, 0.25) is 0 Å². The van der Waals surface area contributed by atoms with Crippen molar-refractivity contribution < 1.29 is 23.5 Å². The van der Waals surface area contributed by atoms with Crippen molar-refractivity contribution in [1.82, 2.24) is 5.32 Å². The Morgan fingerprint density at radius 2 is 1.69 bits per heavy atom. The summed E-state index contributed by atoms with van der Waals surface area (Å²) in [5.41, 5.74) is 2.66. The van der Waals surface area contributed by atoms with Crippen LogP contribution < -0.4 is 5.32 Å². The molecule has 6 heteroatoms. The van der Waals surface area contributed by atoms with E-state index in [-0.39, 0.29) is 23.5 Å². The number of rotatable bonds is 7. The van der Waals surface area contributed by atoms with Gasteiger partial charge in [0.25, 0.3) is 5.91 Å². The molecule has 1 heterocycles. The van der Waals surface area contributed by atoms with Crippen molar-refractivity contribution in [2.24, 2.45) is 0 Å². The summed E-state index contributed by atoms with van der Waals surface area (Å²) in [5.74, 6) is -0.865. The highest BCUT2D eigenvalue weighted by atomic mass is 16.5. The molecule has 1 amide bonds. The largest absolute Gasteiger partial charge is 0.467 e. The van der Waals surface area contributed by atoms with Crippen LogP contribution in [0.4, 0.5) is 0 Å². The Labute approximate surface area is 168 Å². The molecule has 1 aromatic heterocycles. The molecule has 1 N–H and O–H groups in total. The summed E-state index contributed by atoms with van der Waals surface area (Å²) in [4.78, 5) is 37.4. The Morgan fingerprint density at radius 1 is 0.931 bits per heavy atom. The molecule has 3 rings (SSSR count). The van der Waals surface area contributed by atoms with Crippen molar-refractivity contribution in [3.8, 4) is 0 Å². The summed E-state index contributed by atoms with van der Waals surface area (Å²) in [6.45, 7) is 3.49. The van der Waals surface area contributed by atoms with Crippen molar-refractivity contribution in [3.05, 3.63) is 94.4 Å². The van der Waals surface area contributed by atoms with Gasteiger partial charge >= 0.3 is 5.97 Å². The van der Waals surface area contributed by atoms with E-state index in [0.29, 0.717) is 11.3 Å². The summed E-state index contributed by atoms with van der Waals surface area (Å²) < 4.78 is 10.2. The lowest BCUT2D eigenvalue weighted by Crippen LogP contribution is -2.28. The number of aryl methyl sites for hydroxylation is 2. The number of hydrogen-bond acceptors (Lipinski definition) is 5. The fraction of sp³-hybridized carbons (Fsp3) is 0.174. The lowest BCUT2D eigenvalue weighted by Gasteiger charge is -2.11. The highest BCUT2D eigenvalue weighted by Gasteiger charge is 2.21. The van der Waals surface area contributed by atoms with Crippen LogP contribution in [0.2, 0.25) is 0 Å². The third kappa shape index (κ3) is 4.99. The maximum Gasteiger partial charge on any atom is 0.339 e. The third-order valence-electron chi connectivity index (χ3n) is 4.40. The van der Waals surface area contributed by atoms with Crippen LogP contribution in [0.15, 0.2) is 65.3 Å². The Balaban J connectivity index is 1.69. The number of furan rings is 1. The quantitative estimate of drug-likeness (QED) is 0.491. The number of ketones is 1. The molecule has 6 nitrogen and oxygen atoms in total. The van der Waals surface area contributed by atoms with E-state index in [9.17, 15) is 14.4 Å². The third-order valence-corrected chi connectivity index (χ3v) is 4.40.